The first kappa shape index (κ1) is 22.4. The number of benzene rings is 1. The Hall–Kier alpha value is -2.29. The fourth-order valence-electron chi connectivity index (χ4n) is 3.12. The van der Waals surface area contributed by atoms with Gasteiger partial charge in [0.2, 0.25) is 18.6 Å². The molecular formula is C21H25ClN2O5S. The molecule has 7 nitrogen and oxygen atoms in total. The molecule has 0 radical (unpaired) electrons. The van der Waals surface area contributed by atoms with Gasteiger partial charge in [-0.05, 0) is 35.6 Å². The van der Waals surface area contributed by atoms with E-state index in [0.29, 0.717) is 44.2 Å². The van der Waals surface area contributed by atoms with Crippen molar-refractivity contribution in [3.8, 4) is 11.5 Å². The molecule has 0 bridgehead atoms. The van der Waals surface area contributed by atoms with E-state index in [2.05, 4.69) is 0 Å². The maximum atomic E-state index is 13.2. The van der Waals surface area contributed by atoms with Crippen molar-refractivity contribution < 1.29 is 23.8 Å². The van der Waals surface area contributed by atoms with Crippen LogP contribution in [0.2, 0.25) is 0 Å². The molecule has 3 rings (SSSR count). The van der Waals surface area contributed by atoms with Gasteiger partial charge in [-0.25, -0.2) is 0 Å². The summed E-state index contributed by atoms with van der Waals surface area (Å²) in [6, 6.07) is 9.60. The summed E-state index contributed by atoms with van der Waals surface area (Å²) in [5, 5.41) is 1.98. The average molecular weight is 453 g/mol. The van der Waals surface area contributed by atoms with E-state index in [1.807, 2.05) is 35.7 Å². The normalized spacial score (nSPS) is 12.1. The number of thiophene rings is 1. The molecule has 1 aromatic carbocycles. The van der Waals surface area contributed by atoms with Gasteiger partial charge >= 0.3 is 0 Å². The maximum absolute atomic E-state index is 13.2. The molecule has 30 heavy (non-hydrogen) atoms. The van der Waals surface area contributed by atoms with Gasteiger partial charge in [-0.15, -0.1) is 22.9 Å². The molecule has 0 N–H and O–H groups in total. The Morgan fingerprint density at radius 1 is 1.13 bits per heavy atom. The van der Waals surface area contributed by atoms with Gasteiger partial charge < -0.3 is 24.0 Å². The first-order chi connectivity index (χ1) is 14.6. The van der Waals surface area contributed by atoms with Gasteiger partial charge in [0.25, 0.3) is 0 Å². The molecule has 2 heterocycles. The zero-order valence-electron chi connectivity index (χ0n) is 16.8. The van der Waals surface area contributed by atoms with E-state index in [-0.39, 0.29) is 31.0 Å². The Labute approximate surface area is 185 Å². The molecule has 0 aliphatic carbocycles. The number of alkyl halides is 1. The summed E-state index contributed by atoms with van der Waals surface area (Å²) in [6.07, 6.45) is 0.638. The highest BCUT2D eigenvalue weighted by atomic mass is 35.5. The van der Waals surface area contributed by atoms with E-state index in [9.17, 15) is 9.59 Å². The Balaban J connectivity index is 1.73. The topological polar surface area (TPSA) is 68.3 Å². The highest BCUT2D eigenvalue weighted by molar-refractivity contribution is 7.09. The smallest absolute Gasteiger partial charge is 0.242 e. The number of ether oxygens (including phenoxy) is 3. The number of carbonyl (C=O) groups is 2. The summed E-state index contributed by atoms with van der Waals surface area (Å²) in [5.41, 5.74) is 0.929. The minimum absolute atomic E-state index is 0.0226. The Morgan fingerprint density at radius 3 is 2.70 bits per heavy atom. The Morgan fingerprint density at radius 2 is 1.97 bits per heavy atom. The van der Waals surface area contributed by atoms with Crippen LogP contribution in [0.25, 0.3) is 0 Å². The number of fused-ring (bicyclic) bond motifs is 1. The molecule has 1 aliphatic rings. The number of methoxy groups -OCH3 is 1. The van der Waals surface area contributed by atoms with E-state index in [1.54, 1.807) is 23.3 Å². The van der Waals surface area contributed by atoms with Crippen molar-refractivity contribution >= 4 is 34.8 Å². The lowest BCUT2D eigenvalue weighted by Gasteiger charge is -2.27. The molecular weight excluding hydrogens is 428 g/mol. The zero-order valence-corrected chi connectivity index (χ0v) is 18.4. The summed E-state index contributed by atoms with van der Waals surface area (Å²) < 4.78 is 15.9. The second kappa shape index (κ2) is 11.2. The fraction of sp³-hybridized carbons (Fsp3) is 0.429. The summed E-state index contributed by atoms with van der Waals surface area (Å²) in [5.74, 6) is 0.812. The molecule has 1 aromatic heterocycles. The van der Waals surface area contributed by atoms with Crippen molar-refractivity contribution in [3.63, 3.8) is 0 Å². The van der Waals surface area contributed by atoms with Gasteiger partial charge in [0.15, 0.2) is 11.5 Å². The van der Waals surface area contributed by atoms with E-state index in [4.69, 9.17) is 25.8 Å². The van der Waals surface area contributed by atoms with Gasteiger partial charge in [0.05, 0.1) is 13.1 Å². The molecule has 0 saturated heterocycles. The van der Waals surface area contributed by atoms with Crippen molar-refractivity contribution in [3.05, 3.63) is 46.2 Å². The van der Waals surface area contributed by atoms with Crippen LogP contribution in [0, 0.1) is 0 Å². The van der Waals surface area contributed by atoms with Crippen LogP contribution in [-0.4, -0.2) is 61.1 Å². The molecule has 2 aromatic rings. The van der Waals surface area contributed by atoms with Crippen LogP contribution in [-0.2, 0) is 27.4 Å². The van der Waals surface area contributed by atoms with E-state index in [1.165, 1.54) is 4.90 Å². The molecule has 0 spiro atoms. The first-order valence-electron chi connectivity index (χ1n) is 9.62. The molecule has 0 saturated carbocycles. The number of rotatable bonds is 11. The third-order valence-electron chi connectivity index (χ3n) is 4.66. The van der Waals surface area contributed by atoms with Crippen LogP contribution in [0.1, 0.15) is 16.9 Å². The van der Waals surface area contributed by atoms with Crippen molar-refractivity contribution in [2.45, 2.75) is 19.5 Å². The van der Waals surface area contributed by atoms with Crippen molar-refractivity contribution in [2.75, 3.05) is 39.5 Å². The molecule has 1 aliphatic heterocycles. The molecule has 2 amide bonds. The minimum atomic E-state index is -0.264. The van der Waals surface area contributed by atoms with Gasteiger partial charge in [0.1, 0.15) is 5.88 Å². The number of nitrogens with zero attached hydrogens (tertiary/aromatic N) is 2. The monoisotopic (exact) mass is 452 g/mol. The predicted octanol–water partition coefficient (Wildman–Crippen LogP) is 3.11. The summed E-state index contributed by atoms with van der Waals surface area (Å²) in [6.45, 7) is 1.97. The molecule has 0 atom stereocenters. The number of hydrogen-bond donors (Lipinski definition) is 0. The van der Waals surface area contributed by atoms with E-state index in [0.717, 1.165) is 10.4 Å². The quantitative estimate of drug-likeness (QED) is 0.387. The van der Waals surface area contributed by atoms with Crippen LogP contribution in [0.15, 0.2) is 35.7 Å². The van der Waals surface area contributed by atoms with Crippen molar-refractivity contribution in [2.24, 2.45) is 0 Å². The number of hydrogen-bond acceptors (Lipinski definition) is 6. The maximum Gasteiger partial charge on any atom is 0.242 e. The summed E-state index contributed by atoms with van der Waals surface area (Å²) >= 11 is 7.34. The second-order valence-corrected chi connectivity index (χ2v) is 8.11. The Bertz CT molecular complexity index is 846. The van der Waals surface area contributed by atoms with Gasteiger partial charge in [-0.1, -0.05) is 12.1 Å². The lowest BCUT2D eigenvalue weighted by molar-refractivity contribution is -0.140. The van der Waals surface area contributed by atoms with Gasteiger partial charge in [-0.2, -0.15) is 0 Å². The lowest BCUT2D eigenvalue weighted by atomic mass is 10.2. The van der Waals surface area contributed by atoms with Crippen LogP contribution >= 0.6 is 22.9 Å². The van der Waals surface area contributed by atoms with Crippen LogP contribution in [0.5, 0.6) is 11.5 Å². The summed E-state index contributed by atoms with van der Waals surface area (Å²) in [4.78, 5) is 29.7. The number of amides is 2. The van der Waals surface area contributed by atoms with Gasteiger partial charge in [0, 0.05) is 31.7 Å². The van der Waals surface area contributed by atoms with Crippen molar-refractivity contribution in [1.82, 2.24) is 9.80 Å². The second-order valence-electron chi connectivity index (χ2n) is 6.81. The van der Waals surface area contributed by atoms with E-state index >= 15 is 0 Å². The average Bonchev–Trinajstić information content (AvgIpc) is 3.43. The third kappa shape index (κ3) is 6.10. The standard InChI is InChI=1S/C21H25ClN2O5S/c1-27-8-3-7-23(20(25)11-22)14-21(26)24(13-17-4-2-9-30-17)12-16-5-6-18-19(10-16)29-15-28-18/h2,4-6,9-10H,3,7-8,11-15H2,1H3. The summed E-state index contributed by atoms with van der Waals surface area (Å²) in [7, 11) is 1.60. The largest absolute Gasteiger partial charge is 0.454 e. The first-order valence-corrected chi connectivity index (χ1v) is 11.0. The lowest BCUT2D eigenvalue weighted by Crippen LogP contribution is -2.43. The highest BCUT2D eigenvalue weighted by Crippen LogP contribution is 2.33. The SMILES string of the molecule is COCCCN(CC(=O)N(Cc1ccc2c(c1)OCO2)Cc1cccs1)C(=O)CCl. The van der Waals surface area contributed by atoms with Crippen LogP contribution < -0.4 is 9.47 Å². The van der Waals surface area contributed by atoms with Gasteiger partial charge in [-0.3, -0.25) is 9.59 Å². The molecule has 9 heteroatoms. The number of halogens is 1. The highest BCUT2D eigenvalue weighted by Gasteiger charge is 2.22. The van der Waals surface area contributed by atoms with Crippen LogP contribution in [0.3, 0.4) is 0 Å². The van der Waals surface area contributed by atoms with E-state index < -0.39 is 0 Å². The zero-order chi connectivity index (χ0) is 21.3. The third-order valence-corrected chi connectivity index (χ3v) is 5.75. The van der Waals surface area contributed by atoms with Crippen LogP contribution in [0.4, 0.5) is 0 Å². The van der Waals surface area contributed by atoms with Crippen molar-refractivity contribution in [1.29, 1.82) is 0 Å². The Kier molecular flexibility index (Phi) is 8.36. The molecule has 0 unspecified atom stereocenters. The fourth-order valence-corrected chi connectivity index (χ4v) is 4.01. The minimum Gasteiger partial charge on any atom is -0.454 e. The molecule has 162 valence electrons. The predicted molar refractivity (Wildman–Crippen MR) is 115 cm³/mol. The number of carbonyl (C=O) groups excluding carboxylic acids is 2. The molecule has 0 fully saturated rings.